The van der Waals surface area contributed by atoms with E-state index in [-0.39, 0.29) is 5.75 Å². The molecule has 0 saturated carbocycles. The van der Waals surface area contributed by atoms with Gasteiger partial charge in [-0.25, -0.2) is 13.1 Å². The minimum atomic E-state index is -3.11. The Morgan fingerprint density at radius 1 is 1.33 bits per heavy atom. The fourth-order valence-corrected chi connectivity index (χ4v) is 2.23. The summed E-state index contributed by atoms with van der Waals surface area (Å²) in [5.41, 5.74) is 0. The molecule has 104 valence electrons. The number of nitrogens with zero attached hydrogens (tertiary/aromatic N) is 1. The lowest BCUT2D eigenvalue weighted by Crippen LogP contribution is -2.45. The van der Waals surface area contributed by atoms with Crippen molar-refractivity contribution in [2.75, 3.05) is 25.9 Å². The van der Waals surface area contributed by atoms with Crippen molar-refractivity contribution < 1.29 is 8.42 Å². The van der Waals surface area contributed by atoms with Crippen molar-refractivity contribution in [3.63, 3.8) is 0 Å². The molecular formula is C11H22N4O2S. The minimum Gasteiger partial charge on any atom is -0.355 e. The van der Waals surface area contributed by atoms with Crippen LogP contribution in [0.1, 0.15) is 19.8 Å². The number of sulfonamides is 1. The highest BCUT2D eigenvalue weighted by Gasteiger charge is 2.11. The average Bonchev–Trinajstić information content (AvgIpc) is 2.86. The summed E-state index contributed by atoms with van der Waals surface area (Å²) in [5, 5.41) is 6.35. The third kappa shape index (κ3) is 5.50. The number of hydrogen-bond acceptors (Lipinski definition) is 3. The van der Waals surface area contributed by atoms with E-state index in [1.54, 1.807) is 14.0 Å². The van der Waals surface area contributed by atoms with Gasteiger partial charge in [0.1, 0.15) is 0 Å². The van der Waals surface area contributed by atoms with Crippen molar-refractivity contribution in [3.05, 3.63) is 12.2 Å². The van der Waals surface area contributed by atoms with Gasteiger partial charge >= 0.3 is 0 Å². The van der Waals surface area contributed by atoms with Crippen molar-refractivity contribution in [1.29, 1.82) is 0 Å². The molecule has 0 aromatic carbocycles. The van der Waals surface area contributed by atoms with Crippen molar-refractivity contribution in [2.45, 2.75) is 25.8 Å². The van der Waals surface area contributed by atoms with Crippen LogP contribution in [0.5, 0.6) is 0 Å². The number of hydrogen-bond donors (Lipinski definition) is 3. The first kappa shape index (κ1) is 15.0. The Kier molecular flexibility index (Phi) is 6.14. The number of rotatable bonds is 6. The normalized spacial score (nSPS) is 17.1. The number of aliphatic imine (C=N–C) groups is 1. The molecule has 0 unspecified atom stereocenters. The van der Waals surface area contributed by atoms with Crippen LogP contribution in [0.3, 0.4) is 0 Å². The van der Waals surface area contributed by atoms with Crippen LogP contribution >= 0.6 is 0 Å². The third-order valence-corrected chi connectivity index (χ3v) is 4.10. The van der Waals surface area contributed by atoms with Gasteiger partial charge in [-0.2, -0.15) is 0 Å². The summed E-state index contributed by atoms with van der Waals surface area (Å²) >= 11 is 0. The Hall–Kier alpha value is -1.08. The van der Waals surface area contributed by atoms with Gasteiger partial charge in [0.2, 0.25) is 10.0 Å². The molecule has 0 spiro atoms. The highest BCUT2D eigenvalue weighted by atomic mass is 32.2. The van der Waals surface area contributed by atoms with Crippen LogP contribution in [-0.4, -0.2) is 46.3 Å². The monoisotopic (exact) mass is 274 g/mol. The summed E-state index contributed by atoms with van der Waals surface area (Å²) in [4.78, 5) is 4.10. The zero-order valence-corrected chi connectivity index (χ0v) is 11.8. The molecule has 0 bridgehead atoms. The van der Waals surface area contributed by atoms with Gasteiger partial charge in [0.05, 0.1) is 5.75 Å². The van der Waals surface area contributed by atoms with Gasteiger partial charge in [-0.05, 0) is 19.8 Å². The molecule has 1 aliphatic rings. The lowest BCUT2D eigenvalue weighted by atomic mass is 10.2. The van der Waals surface area contributed by atoms with Crippen LogP contribution in [0.25, 0.3) is 0 Å². The first-order valence-electron chi connectivity index (χ1n) is 6.17. The highest BCUT2D eigenvalue weighted by molar-refractivity contribution is 7.89. The molecule has 0 fully saturated rings. The van der Waals surface area contributed by atoms with Gasteiger partial charge in [-0.15, -0.1) is 0 Å². The van der Waals surface area contributed by atoms with Gasteiger partial charge in [-0.1, -0.05) is 12.2 Å². The first-order chi connectivity index (χ1) is 8.57. The molecule has 0 saturated heterocycles. The molecular weight excluding hydrogens is 252 g/mol. The first-order valence-corrected chi connectivity index (χ1v) is 7.82. The molecule has 0 heterocycles. The lowest BCUT2D eigenvalue weighted by Gasteiger charge is -2.16. The van der Waals surface area contributed by atoms with Gasteiger partial charge in [0, 0.05) is 26.2 Å². The predicted octanol–water partition coefficient (Wildman–Crippen LogP) is -0.191. The van der Waals surface area contributed by atoms with Crippen LogP contribution < -0.4 is 15.4 Å². The van der Waals surface area contributed by atoms with E-state index in [4.69, 9.17) is 0 Å². The second-order valence-electron chi connectivity index (χ2n) is 4.08. The standard InChI is InChI=1S/C11H22N4O2S/c1-3-18(16,17)14-9-8-13-11(12-2)15-10-6-4-5-7-10/h4-5,10,14H,3,6-9H2,1-2H3,(H2,12,13,15). The topological polar surface area (TPSA) is 82.6 Å². The molecule has 6 nitrogen and oxygen atoms in total. The largest absolute Gasteiger partial charge is 0.355 e. The second-order valence-corrected chi connectivity index (χ2v) is 6.18. The Balaban J connectivity index is 2.20. The van der Waals surface area contributed by atoms with Gasteiger partial charge < -0.3 is 10.6 Å². The van der Waals surface area contributed by atoms with E-state index >= 15 is 0 Å². The summed E-state index contributed by atoms with van der Waals surface area (Å²) in [6.07, 6.45) is 6.28. The van der Waals surface area contributed by atoms with Crippen molar-refractivity contribution in [2.24, 2.45) is 4.99 Å². The van der Waals surface area contributed by atoms with E-state index in [2.05, 4.69) is 32.5 Å². The smallest absolute Gasteiger partial charge is 0.211 e. The molecule has 0 aliphatic heterocycles. The van der Waals surface area contributed by atoms with Gasteiger partial charge in [0.25, 0.3) is 0 Å². The molecule has 7 heteroatoms. The lowest BCUT2D eigenvalue weighted by molar-refractivity contribution is 0.580. The fraction of sp³-hybridized carbons (Fsp3) is 0.727. The van der Waals surface area contributed by atoms with E-state index in [0.29, 0.717) is 25.1 Å². The van der Waals surface area contributed by atoms with Crippen LogP contribution in [0.2, 0.25) is 0 Å². The summed E-state index contributed by atoms with van der Waals surface area (Å²) in [5.74, 6) is 0.813. The third-order valence-electron chi connectivity index (χ3n) is 2.69. The molecule has 0 atom stereocenters. The van der Waals surface area contributed by atoms with Crippen LogP contribution in [0.15, 0.2) is 17.1 Å². The maximum atomic E-state index is 11.2. The molecule has 0 aromatic rings. The Morgan fingerprint density at radius 2 is 2.00 bits per heavy atom. The highest BCUT2D eigenvalue weighted by Crippen LogP contribution is 2.08. The average molecular weight is 274 g/mol. The molecule has 0 amide bonds. The van der Waals surface area contributed by atoms with Gasteiger partial charge in [-0.3, -0.25) is 4.99 Å². The minimum absolute atomic E-state index is 0.105. The molecule has 1 rings (SSSR count). The van der Waals surface area contributed by atoms with Crippen molar-refractivity contribution in [3.8, 4) is 0 Å². The molecule has 1 aliphatic carbocycles. The maximum absolute atomic E-state index is 11.2. The Bertz CT molecular complexity index is 395. The Morgan fingerprint density at radius 3 is 2.56 bits per heavy atom. The number of guanidine groups is 1. The zero-order valence-electron chi connectivity index (χ0n) is 10.9. The summed E-state index contributed by atoms with van der Waals surface area (Å²) in [6, 6.07) is 0.392. The molecule has 3 N–H and O–H groups in total. The quantitative estimate of drug-likeness (QED) is 0.271. The summed E-state index contributed by atoms with van der Waals surface area (Å²) < 4.78 is 24.9. The van der Waals surface area contributed by atoms with Crippen molar-refractivity contribution in [1.82, 2.24) is 15.4 Å². The van der Waals surface area contributed by atoms with Crippen LogP contribution in [-0.2, 0) is 10.0 Å². The van der Waals surface area contributed by atoms with E-state index in [0.717, 1.165) is 12.8 Å². The van der Waals surface area contributed by atoms with E-state index < -0.39 is 10.0 Å². The molecule has 0 radical (unpaired) electrons. The van der Waals surface area contributed by atoms with E-state index in [9.17, 15) is 8.42 Å². The number of nitrogens with one attached hydrogen (secondary N) is 3. The van der Waals surface area contributed by atoms with Crippen molar-refractivity contribution >= 4 is 16.0 Å². The predicted molar refractivity (Wildman–Crippen MR) is 74.1 cm³/mol. The maximum Gasteiger partial charge on any atom is 0.211 e. The SMILES string of the molecule is CCS(=O)(=O)NCCNC(=NC)NC1CC=CC1. The fourth-order valence-electron chi connectivity index (χ4n) is 1.61. The molecule has 18 heavy (non-hydrogen) atoms. The second kappa shape index (κ2) is 7.38. The Labute approximate surface area is 109 Å². The van der Waals surface area contributed by atoms with Gasteiger partial charge in [0.15, 0.2) is 5.96 Å². The van der Waals surface area contributed by atoms with E-state index in [1.807, 2.05) is 0 Å². The van der Waals surface area contributed by atoms with E-state index in [1.165, 1.54) is 0 Å². The zero-order chi connectivity index (χ0) is 13.4. The van der Waals surface area contributed by atoms with Crippen LogP contribution in [0, 0.1) is 0 Å². The molecule has 0 aromatic heterocycles. The summed E-state index contributed by atoms with van der Waals surface area (Å²) in [7, 11) is -1.40. The van der Waals surface area contributed by atoms with Crippen LogP contribution in [0.4, 0.5) is 0 Å². The summed E-state index contributed by atoms with van der Waals surface area (Å²) in [6.45, 7) is 2.49.